The van der Waals surface area contributed by atoms with Gasteiger partial charge in [-0.05, 0) is 24.0 Å². The van der Waals surface area contributed by atoms with Gasteiger partial charge in [-0.15, -0.1) is 0 Å². The van der Waals surface area contributed by atoms with E-state index in [-0.39, 0.29) is 5.91 Å². The molecule has 1 aromatic carbocycles. The van der Waals surface area contributed by atoms with Crippen molar-refractivity contribution in [1.29, 1.82) is 0 Å². The first kappa shape index (κ1) is 15.9. The highest BCUT2D eigenvalue weighted by Gasteiger charge is 2.19. The fraction of sp³-hybridized carbons (Fsp3) is 0.562. The van der Waals surface area contributed by atoms with Crippen molar-refractivity contribution in [1.82, 2.24) is 10.2 Å². The summed E-state index contributed by atoms with van der Waals surface area (Å²) in [6.45, 7) is 3.80. The van der Waals surface area contributed by atoms with Gasteiger partial charge in [-0.3, -0.25) is 9.69 Å². The minimum Gasteiger partial charge on any atom is -0.380 e. The maximum absolute atomic E-state index is 10.9. The first-order chi connectivity index (χ1) is 10.2. The molecule has 1 amide bonds. The first-order valence-corrected chi connectivity index (χ1v) is 7.48. The normalized spacial score (nSPS) is 17.0. The first-order valence-electron chi connectivity index (χ1n) is 7.48. The Hall–Kier alpha value is -1.43. The number of hydrogen-bond donors (Lipinski definition) is 2. The van der Waals surface area contributed by atoms with Crippen molar-refractivity contribution in [2.45, 2.75) is 32.0 Å². The van der Waals surface area contributed by atoms with E-state index in [1.54, 1.807) is 7.11 Å². The fourth-order valence-corrected chi connectivity index (χ4v) is 2.70. The van der Waals surface area contributed by atoms with Gasteiger partial charge in [-0.25, -0.2) is 0 Å². The summed E-state index contributed by atoms with van der Waals surface area (Å²) in [5.41, 5.74) is 7.70. The third kappa shape index (κ3) is 5.46. The Morgan fingerprint density at radius 3 is 2.48 bits per heavy atom. The molecular weight excluding hydrogens is 266 g/mol. The van der Waals surface area contributed by atoms with Crippen LogP contribution in [0.15, 0.2) is 24.3 Å². The van der Waals surface area contributed by atoms with Gasteiger partial charge in [0.2, 0.25) is 5.91 Å². The highest BCUT2D eigenvalue weighted by molar-refractivity contribution is 5.75. The van der Waals surface area contributed by atoms with Gasteiger partial charge >= 0.3 is 0 Å². The summed E-state index contributed by atoms with van der Waals surface area (Å²) >= 11 is 0. The average Bonchev–Trinajstić information content (AvgIpc) is 2.48. The summed E-state index contributed by atoms with van der Waals surface area (Å²) in [6.07, 6.45) is 2.13. The molecule has 0 unspecified atom stereocenters. The second-order valence-electron chi connectivity index (χ2n) is 5.65. The average molecular weight is 291 g/mol. The zero-order chi connectivity index (χ0) is 15.1. The van der Waals surface area contributed by atoms with Gasteiger partial charge in [0.05, 0.1) is 13.2 Å². The van der Waals surface area contributed by atoms with E-state index < -0.39 is 0 Å². The number of nitrogens with two attached hydrogens (primary N) is 1. The van der Waals surface area contributed by atoms with Gasteiger partial charge in [0, 0.05) is 32.8 Å². The van der Waals surface area contributed by atoms with E-state index in [1.165, 1.54) is 11.1 Å². The third-order valence-electron chi connectivity index (χ3n) is 3.90. The molecule has 1 fully saturated rings. The molecule has 1 aliphatic heterocycles. The number of likely N-dealkylation sites (tertiary alicyclic amines) is 1. The van der Waals surface area contributed by atoms with E-state index in [1.807, 2.05) is 0 Å². The molecule has 0 aromatic heterocycles. The number of amides is 1. The Morgan fingerprint density at radius 2 is 1.90 bits per heavy atom. The number of nitrogens with zero attached hydrogens (tertiary/aromatic N) is 1. The lowest BCUT2D eigenvalue weighted by Gasteiger charge is -2.31. The molecule has 1 saturated heterocycles. The second kappa shape index (κ2) is 8.12. The van der Waals surface area contributed by atoms with Crippen LogP contribution in [-0.2, 0) is 22.7 Å². The molecule has 0 atom stereocenters. The lowest BCUT2D eigenvalue weighted by atomic mass is 10.0. The number of rotatable bonds is 7. The molecule has 1 heterocycles. The fourth-order valence-electron chi connectivity index (χ4n) is 2.70. The number of nitrogens with one attached hydrogen (secondary N) is 1. The summed E-state index contributed by atoms with van der Waals surface area (Å²) in [5.74, 6) is -0.238. The van der Waals surface area contributed by atoms with E-state index in [0.717, 1.165) is 32.5 Å². The van der Waals surface area contributed by atoms with E-state index in [2.05, 4.69) is 34.5 Å². The lowest BCUT2D eigenvalue weighted by molar-refractivity contribution is -0.119. The molecule has 0 radical (unpaired) electrons. The largest absolute Gasteiger partial charge is 0.380 e. The molecule has 5 nitrogen and oxygen atoms in total. The Kier molecular flexibility index (Phi) is 6.17. The van der Waals surface area contributed by atoms with Crippen LogP contribution in [0.5, 0.6) is 0 Å². The minimum absolute atomic E-state index is 0.238. The monoisotopic (exact) mass is 291 g/mol. The van der Waals surface area contributed by atoms with E-state index in [4.69, 9.17) is 10.5 Å². The van der Waals surface area contributed by atoms with Crippen LogP contribution in [-0.4, -0.2) is 43.6 Å². The van der Waals surface area contributed by atoms with Gasteiger partial charge in [0.25, 0.3) is 0 Å². The molecule has 5 heteroatoms. The van der Waals surface area contributed by atoms with Crippen LogP contribution in [0.4, 0.5) is 0 Å². The Balaban J connectivity index is 1.70. The molecule has 2 rings (SSSR count). The molecule has 0 spiro atoms. The van der Waals surface area contributed by atoms with Crippen LogP contribution in [0.1, 0.15) is 24.0 Å². The standard InChI is InChI=1S/C16H25N3O2/c1-21-12-14-4-2-13(3-5-14)10-18-15-6-8-19(9-7-15)11-16(17)20/h2-5,15,18H,6-12H2,1H3,(H2,17,20). The Labute approximate surface area is 126 Å². The summed E-state index contributed by atoms with van der Waals surface area (Å²) in [7, 11) is 1.71. The Bertz CT molecular complexity index is 439. The van der Waals surface area contributed by atoms with E-state index in [0.29, 0.717) is 19.2 Å². The summed E-state index contributed by atoms with van der Waals surface area (Å²) in [6, 6.07) is 9.02. The van der Waals surface area contributed by atoms with Gasteiger partial charge in [0.15, 0.2) is 0 Å². The maximum atomic E-state index is 10.9. The van der Waals surface area contributed by atoms with Crippen molar-refractivity contribution in [3.05, 3.63) is 35.4 Å². The Morgan fingerprint density at radius 1 is 1.29 bits per heavy atom. The summed E-state index contributed by atoms with van der Waals surface area (Å²) < 4.78 is 5.11. The third-order valence-corrected chi connectivity index (χ3v) is 3.90. The molecular formula is C16H25N3O2. The smallest absolute Gasteiger partial charge is 0.231 e. The molecule has 0 aliphatic carbocycles. The molecule has 3 N–H and O–H groups in total. The predicted octanol–water partition coefficient (Wildman–Crippen LogP) is 0.872. The van der Waals surface area contributed by atoms with Crippen molar-refractivity contribution in [3.63, 3.8) is 0 Å². The van der Waals surface area contributed by atoms with E-state index in [9.17, 15) is 4.79 Å². The van der Waals surface area contributed by atoms with Gasteiger partial charge < -0.3 is 15.8 Å². The van der Waals surface area contributed by atoms with Crippen LogP contribution < -0.4 is 11.1 Å². The van der Waals surface area contributed by atoms with Crippen molar-refractivity contribution in [3.8, 4) is 0 Å². The van der Waals surface area contributed by atoms with E-state index >= 15 is 0 Å². The number of carbonyl (C=O) groups excluding carboxylic acids is 1. The lowest BCUT2D eigenvalue weighted by Crippen LogP contribution is -2.45. The molecule has 1 aliphatic rings. The van der Waals surface area contributed by atoms with Crippen LogP contribution >= 0.6 is 0 Å². The number of primary amides is 1. The van der Waals surface area contributed by atoms with Crippen molar-refractivity contribution < 1.29 is 9.53 Å². The molecule has 21 heavy (non-hydrogen) atoms. The van der Waals surface area contributed by atoms with Crippen LogP contribution in [0.3, 0.4) is 0 Å². The number of benzene rings is 1. The summed E-state index contributed by atoms with van der Waals surface area (Å²) in [4.78, 5) is 13.0. The molecule has 1 aromatic rings. The minimum atomic E-state index is -0.238. The van der Waals surface area contributed by atoms with Crippen LogP contribution in [0.25, 0.3) is 0 Å². The van der Waals surface area contributed by atoms with Crippen LogP contribution in [0.2, 0.25) is 0 Å². The van der Waals surface area contributed by atoms with Crippen LogP contribution in [0, 0.1) is 0 Å². The number of carbonyl (C=O) groups is 1. The molecule has 0 saturated carbocycles. The van der Waals surface area contributed by atoms with Gasteiger partial charge in [-0.2, -0.15) is 0 Å². The zero-order valence-corrected chi connectivity index (χ0v) is 12.7. The van der Waals surface area contributed by atoms with Crippen molar-refractivity contribution in [2.24, 2.45) is 5.73 Å². The number of ether oxygens (including phenoxy) is 1. The second-order valence-corrected chi connectivity index (χ2v) is 5.65. The summed E-state index contributed by atoms with van der Waals surface area (Å²) in [5, 5.41) is 3.59. The zero-order valence-electron chi connectivity index (χ0n) is 12.7. The molecule has 0 bridgehead atoms. The topological polar surface area (TPSA) is 67.6 Å². The number of piperidine rings is 1. The predicted molar refractivity (Wildman–Crippen MR) is 82.7 cm³/mol. The SMILES string of the molecule is COCc1ccc(CNC2CCN(CC(N)=O)CC2)cc1. The van der Waals surface area contributed by atoms with Crippen molar-refractivity contribution >= 4 is 5.91 Å². The number of hydrogen-bond acceptors (Lipinski definition) is 4. The maximum Gasteiger partial charge on any atom is 0.231 e. The van der Waals surface area contributed by atoms with Gasteiger partial charge in [0.1, 0.15) is 0 Å². The highest BCUT2D eigenvalue weighted by atomic mass is 16.5. The van der Waals surface area contributed by atoms with Gasteiger partial charge in [-0.1, -0.05) is 24.3 Å². The highest BCUT2D eigenvalue weighted by Crippen LogP contribution is 2.11. The molecule has 116 valence electrons. The van der Waals surface area contributed by atoms with Crippen molar-refractivity contribution in [2.75, 3.05) is 26.7 Å². The quantitative estimate of drug-likeness (QED) is 0.782. The number of methoxy groups -OCH3 is 1.